The number of aliphatic carboxylic acids is 1. The van der Waals surface area contributed by atoms with Crippen LogP contribution in [0.3, 0.4) is 0 Å². The molecule has 0 spiro atoms. The number of carbonyl (C=O) groups excluding carboxylic acids is 1. The number of carboxylic acid groups (broad SMARTS) is 1. The molecule has 1 aromatic carbocycles. The topological polar surface area (TPSA) is 63.6 Å². The van der Waals surface area contributed by atoms with Crippen molar-refractivity contribution >= 4 is 11.8 Å². The predicted octanol–water partition coefficient (Wildman–Crippen LogP) is 8.64. The second-order valence-corrected chi connectivity index (χ2v) is 16.7. The quantitative estimate of drug-likeness (QED) is 0.400. The first-order valence-corrected chi connectivity index (χ1v) is 16.3. The van der Waals surface area contributed by atoms with E-state index >= 15 is 0 Å². The van der Waals surface area contributed by atoms with Crippen LogP contribution in [0.4, 0.5) is 0 Å². The smallest absolute Gasteiger partial charge is 0.309 e. The summed E-state index contributed by atoms with van der Waals surface area (Å²) in [4.78, 5) is 26.9. The first-order chi connectivity index (χ1) is 19.1. The summed E-state index contributed by atoms with van der Waals surface area (Å²) in [5, 5.41) is 10.2. The molecule has 9 atom stereocenters. The molecule has 6 rings (SSSR count). The van der Waals surface area contributed by atoms with Gasteiger partial charge >= 0.3 is 5.97 Å². The van der Waals surface area contributed by atoms with E-state index < -0.39 is 11.4 Å². The highest BCUT2D eigenvalue weighted by Crippen LogP contribution is 2.75. The van der Waals surface area contributed by atoms with E-state index in [1.807, 2.05) is 13.0 Å². The minimum absolute atomic E-state index is 0.00403. The molecule has 4 saturated carbocycles. The number of benzene rings is 1. The zero-order chi connectivity index (χ0) is 29.6. The van der Waals surface area contributed by atoms with E-state index in [1.165, 1.54) is 11.1 Å². The maximum Gasteiger partial charge on any atom is 0.309 e. The standard InChI is InChI=1S/C37H52O4/c1-32(2)28-13-16-37(7)30(35(28,5)15-14-29(32)41-23-24-11-9-8-10-12-24)27(38)21-25-26-22-34(4,31(39)40)18-17-33(26,3)19-20-36(25,37)6/h8-12,21,26,28-30H,13-20,22-23H2,1-7H3,(H,39,40)/t26-,28?,29?,30?,33+,34-,35-,36+,37+/m0/s1. The van der Waals surface area contributed by atoms with Gasteiger partial charge in [0.25, 0.3) is 0 Å². The molecule has 0 bridgehead atoms. The fraction of sp³-hybridized carbons (Fsp3) is 0.730. The van der Waals surface area contributed by atoms with Crippen LogP contribution >= 0.6 is 0 Å². The molecule has 41 heavy (non-hydrogen) atoms. The molecule has 4 fully saturated rings. The molecule has 0 aliphatic heterocycles. The van der Waals surface area contributed by atoms with Crippen LogP contribution in [0.1, 0.15) is 112 Å². The summed E-state index contributed by atoms with van der Waals surface area (Å²) in [6.45, 7) is 17.1. The number of hydrogen-bond donors (Lipinski definition) is 1. The van der Waals surface area contributed by atoms with Crippen molar-refractivity contribution in [3.8, 4) is 0 Å². The zero-order valence-electron chi connectivity index (χ0n) is 26.5. The van der Waals surface area contributed by atoms with Crippen molar-refractivity contribution in [2.75, 3.05) is 0 Å². The molecular weight excluding hydrogens is 508 g/mol. The van der Waals surface area contributed by atoms with Crippen molar-refractivity contribution in [2.45, 2.75) is 119 Å². The van der Waals surface area contributed by atoms with Crippen LogP contribution in [0.2, 0.25) is 0 Å². The highest BCUT2D eigenvalue weighted by molar-refractivity contribution is 5.95. The molecule has 1 N–H and O–H groups in total. The van der Waals surface area contributed by atoms with Gasteiger partial charge in [0.15, 0.2) is 5.78 Å². The Hall–Kier alpha value is -1.94. The Morgan fingerprint density at radius 3 is 2.27 bits per heavy atom. The average Bonchev–Trinajstić information content (AvgIpc) is 2.90. The van der Waals surface area contributed by atoms with Gasteiger partial charge in [-0.1, -0.05) is 77.4 Å². The highest BCUT2D eigenvalue weighted by atomic mass is 16.5. The van der Waals surface area contributed by atoms with Crippen LogP contribution in [0.15, 0.2) is 42.0 Å². The minimum Gasteiger partial charge on any atom is -0.481 e. The van der Waals surface area contributed by atoms with Crippen LogP contribution in [0.25, 0.3) is 0 Å². The maximum atomic E-state index is 14.5. The number of hydrogen-bond acceptors (Lipinski definition) is 3. The average molecular weight is 561 g/mol. The third kappa shape index (κ3) is 4.01. The van der Waals surface area contributed by atoms with Gasteiger partial charge in [0.1, 0.15) is 0 Å². The lowest BCUT2D eigenvalue weighted by atomic mass is 9.33. The highest BCUT2D eigenvalue weighted by Gasteiger charge is 2.70. The van der Waals surface area contributed by atoms with Gasteiger partial charge in [-0.25, -0.2) is 0 Å². The second kappa shape index (κ2) is 9.28. The lowest BCUT2D eigenvalue weighted by Crippen LogP contribution is -2.66. The lowest BCUT2D eigenvalue weighted by Gasteiger charge is -2.70. The van der Waals surface area contributed by atoms with Crippen molar-refractivity contribution in [1.82, 2.24) is 0 Å². The van der Waals surface area contributed by atoms with Gasteiger partial charge in [0, 0.05) is 5.92 Å². The molecule has 5 aliphatic carbocycles. The summed E-state index contributed by atoms with van der Waals surface area (Å²) in [5.41, 5.74) is 1.59. The van der Waals surface area contributed by atoms with E-state index in [1.54, 1.807) is 0 Å². The predicted molar refractivity (Wildman–Crippen MR) is 162 cm³/mol. The van der Waals surface area contributed by atoms with Crippen LogP contribution < -0.4 is 0 Å². The molecular formula is C37H52O4. The van der Waals surface area contributed by atoms with Gasteiger partial charge in [0.05, 0.1) is 18.1 Å². The summed E-state index contributed by atoms with van der Waals surface area (Å²) in [7, 11) is 0. The fourth-order valence-electron chi connectivity index (χ4n) is 11.4. The Morgan fingerprint density at radius 2 is 1.59 bits per heavy atom. The van der Waals surface area contributed by atoms with Gasteiger partial charge in [-0.15, -0.1) is 0 Å². The van der Waals surface area contributed by atoms with Crippen LogP contribution in [-0.4, -0.2) is 23.0 Å². The van der Waals surface area contributed by atoms with Crippen LogP contribution in [-0.2, 0) is 20.9 Å². The molecule has 3 unspecified atom stereocenters. The van der Waals surface area contributed by atoms with E-state index in [4.69, 9.17) is 4.74 Å². The van der Waals surface area contributed by atoms with E-state index in [0.29, 0.717) is 24.7 Å². The Bertz CT molecular complexity index is 1260. The Balaban J connectivity index is 1.34. The molecule has 0 saturated heterocycles. The summed E-state index contributed by atoms with van der Waals surface area (Å²) in [5.74, 6) is 0.222. The molecule has 0 amide bonds. The molecule has 1 aromatic rings. The summed E-state index contributed by atoms with van der Waals surface area (Å²) >= 11 is 0. The van der Waals surface area contributed by atoms with Crippen molar-refractivity contribution in [3.63, 3.8) is 0 Å². The fourth-order valence-corrected chi connectivity index (χ4v) is 11.4. The van der Waals surface area contributed by atoms with Gasteiger partial charge in [-0.2, -0.15) is 0 Å². The third-order valence-corrected chi connectivity index (χ3v) is 14.3. The minimum atomic E-state index is -0.712. The van der Waals surface area contributed by atoms with Crippen LogP contribution in [0.5, 0.6) is 0 Å². The van der Waals surface area contributed by atoms with E-state index in [2.05, 4.69) is 71.9 Å². The van der Waals surface area contributed by atoms with Gasteiger partial charge in [-0.05, 0) is 115 Å². The van der Waals surface area contributed by atoms with E-state index in [0.717, 1.165) is 51.4 Å². The molecule has 0 heterocycles. The molecule has 0 radical (unpaired) electrons. The van der Waals surface area contributed by atoms with Crippen molar-refractivity contribution in [1.29, 1.82) is 0 Å². The monoisotopic (exact) mass is 560 g/mol. The molecule has 4 heteroatoms. The largest absolute Gasteiger partial charge is 0.481 e. The molecule has 224 valence electrons. The molecule has 5 aliphatic rings. The molecule has 0 aromatic heterocycles. The van der Waals surface area contributed by atoms with Crippen molar-refractivity contribution < 1.29 is 19.4 Å². The Labute approximate surface area is 247 Å². The summed E-state index contributed by atoms with van der Waals surface area (Å²) in [6, 6.07) is 10.5. The zero-order valence-corrected chi connectivity index (χ0v) is 26.5. The van der Waals surface area contributed by atoms with E-state index in [9.17, 15) is 14.7 Å². The number of allylic oxidation sites excluding steroid dienone is 2. The van der Waals surface area contributed by atoms with Gasteiger partial charge < -0.3 is 9.84 Å². The van der Waals surface area contributed by atoms with Gasteiger partial charge in [0.2, 0.25) is 0 Å². The molecule has 4 nitrogen and oxygen atoms in total. The number of rotatable bonds is 4. The summed E-state index contributed by atoms with van der Waals surface area (Å²) < 4.78 is 6.64. The first-order valence-electron chi connectivity index (χ1n) is 16.3. The Kier molecular flexibility index (Phi) is 6.60. The SMILES string of the molecule is CC1(C)C(OCc2ccccc2)CC[C@@]2(C)C1CC[C@]1(C)C2C(=O)C=C2[C@@H]3C[C@@](C)(C(=O)O)CC[C@]3(C)CC[C@]21C. The van der Waals surface area contributed by atoms with Crippen molar-refractivity contribution in [2.24, 2.45) is 50.2 Å². The number of fused-ring (bicyclic) bond motifs is 7. The van der Waals surface area contributed by atoms with Crippen LogP contribution in [0, 0.1) is 50.2 Å². The number of carboxylic acids is 1. The first kappa shape index (κ1) is 29.1. The number of ketones is 1. The van der Waals surface area contributed by atoms with Gasteiger partial charge in [-0.3, -0.25) is 9.59 Å². The third-order valence-electron chi connectivity index (χ3n) is 14.3. The second-order valence-electron chi connectivity index (χ2n) is 16.7. The normalized spacial score (nSPS) is 46.8. The maximum absolute atomic E-state index is 14.5. The number of carbonyl (C=O) groups is 2. The van der Waals surface area contributed by atoms with E-state index in [-0.39, 0.29) is 45.0 Å². The summed E-state index contributed by atoms with van der Waals surface area (Å²) in [6.07, 6.45) is 11.0. The van der Waals surface area contributed by atoms with Crippen molar-refractivity contribution in [3.05, 3.63) is 47.5 Å². The lowest BCUT2D eigenvalue weighted by molar-refractivity contribution is -0.211. The Morgan fingerprint density at radius 1 is 0.902 bits per heavy atom. The number of ether oxygens (including phenoxy) is 1.